The van der Waals surface area contributed by atoms with Crippen molar-refractivity contribution in [2.45, 2.75) is 5.03 Å². The average Bonchev–Trinajstić information content (AvgIpc) is 3.23. The van der Waals surface area contributed by atoms with Crippen molar-refractivity contribution in [1.82, 2.24) is 9.97 Å². The van der Waals surface area contributed by atoms with Crippen molar-refractivity contribution in [2.75, 3.05) is 18.2 Å². The molecule has 3 aromatic carbocycles. The molecule has 0 radical (unpaired) electrons. The highest BCUT2D eigenvalue weighted by Crippen LogP contribution is 2.33. The van der Waals surface area contributed by atoms with Crippen LogP contribution in [0, 0.1) is 0 Å². The van der Waals surface area contributed by atoms with Gasteiger partial charge in [0.15, 0.2) is 0 Å². The fourth-order valence-corrected chi connectivity index (χ4v) is 3.81. The number of anilines is 1. The predicted octanol–water partition coefficient (Wildman–Crippen LogP) is 5.48. The minimum absolute atomic E-state index is 0.0702. The smallest absolute Gasteiger partial charge is 0.234 e. The van der Waals surface area contributed by atoms with Crippen molar-refractivity contribution in [2.24, 2.45) is 0 Å². The van der Waals surface area contributed by atoms with E-state index >= 15 is 0 Å². The molecule has 0 saturated heterocycles. The van der Waals surface area contributed by atoms with Gasteiger partial charge in [-0.2, -0.15) is 0 Å². The van der Waals surface area contributed by atoms with Gasteiger partial charge in [0.2, 0.25) is 5.91 Å². The van der Waals surface area contributed by atoms with Crippen molar-refractivity contribution in [3.05, 3.63) is 84.9 Å². The summed E-state index contributed by atoms with van der Waals surface area (Å²) in [7, 11) is 1.64. The number of thioether (sulfide) groups is 1. The Balaban J connectivity index is 1.57. The zero-order valence-corrected chi connectivity index (χ0v) is 17.3. The number of para-hydroxylation sites is 1. The molecule has 5 nitrogen and oxygen atoms in total. The van der Waals surface area contributed by atoms with Crippen molar-refractivity contribution in [3.63, 3.8) is 0 Å². The first-order valence-electron chi connectivity index (χ1n) is 9.50. The second-order valence-electron chi connectivity index (χ2n) is 6.56. The molecule has 4 aromatic rings. The number of hydrogen-bond acceptors (Lipinski definition) is 4. The van der Waals surface area contributed by atoms with Gasteiger partial charge < -0.3 is 15.0 Å². The van der Waals surface area contributed by atoms with E-state index in [2.05, 4.69) is 10.3 Å². The van der Waals surface area contributed by atoms with E-state index in [1.54, 1.807) is 7.11 Å². The van der Waals surface area contributed by atoms with Crippen molar-refractivity contribution in [1.29, 1.82) is 0 Å². The summed E-state index contributed by atoms with van der Waals surface area (Å²) in [5, 5.41) is 3.70. The minimum Gasteiger partial charge on any atom is -0.497 e. The molecule has 0 saturated carbocycles. The van der Waals surface area contributed by atoms with E-state index in [9.17, 15) is 4.79 Å². The molecule has 150 valence electrons. The lowest BCUT2D eigenvalue weighted by Gasteiger charge is -2.05. The highest BCUT2D eigenvalue weighted by Gasteiger charge is 2.15. The van der Waals surface area contributed by atoms with Crippen molar-refractivity contribution in [3.8, 4) is 28.4 Å². The first-order chi connectivity index (χ1) is 14.7. The molecular weight excluding hydrogens is 394 g/mol. The van der Waals surface area contributed by atoms with Gasteiger partial charge >= 0.3 is 0 Å². The molecule has 1 amide bonds. The standard InChI is InChI=1S/C24H21N3O2S/c1-29-20-14-12-18(13-15-20)23-26-22(17-8-4-2-5-9-17)24(27-23)30-16-21(28)25-19-10-6-3-7-11-19/h2-15H,16H2,1H3,(H,25,28)(H,26,27). The summed E-state index contributed by atoms with van der Waals surface area (Å²) in [6, 6.07) is 27.2. The fraction of sp³-hybridized carbons (Fsp3) is 0.0833. The Hall–Kier alpha value is -3.51. The zero-order valence-electron chi connectivity index (χ0n) is 16.5. The van der Waals surface area contributed by atoms with Gasteiger partial charge in [0.1, 0.15) is 16.6 Å². The third-order valence-corrected chi connectivity index (χ3v) is 5.47. The number of carbonyl (C=O) groups excluding carboxylic acids is 1. The maximum Gasteiger partial charge on any atom is 0.234 e. The van der Waals surface area contributed by atoms with E-state index in [-0.39, 0.29) is 11.7 Å². The summed E-state index contributed by atoms with van der Waals surface area (Å²) in [6.07, 6.45) is 0. The Labute approximate surface area is 179 Å². The Morgan fingerprint density at radius 3 is 2.27 bits per heavy atom. The van der Waals surface area contributed by atoms with Crippen LogP contribution in [0.1, 0.15) is 0 Å². The molecule has 0 aliphatic rings. The summed E-state index contributed by atoms with van der Waals surface area (Å²) < 4.78 is 5.24. The van der Waals surface area contributed by atoms with Gasteiger partial charge in [-0.1, -0.05) is 60.3 Å². The summed E-state index contributed by atoms with van der Waals surface area (Å²) >= 11 is 1.41. The lowest BCUT2D eigenvalue weighted by molar-refractivity contribution is -0.113. The highest BCUT2D eigenvalue weighted by atomic mass is 32.2. The molecular formula is C24H21N3O2S. The Kier molecular flexibility index (Phi) is 6.15. The number of carbonyl (C=O) groups is 1. The van der Waals surface area contributed by atoms with E-state index in [1.165, 1.54) is 11.8 Å². The number of benzene rings is 3. The van der Waals surface area contributed by atoms with E-state index < -0.39 is 0 Å². The number of methoxy groups -OCH3 is 1. The van der Waals surface area contributed by atoms with Crippen LogP contribution in [0.2, 0.25) is 0 Å². The Morgan fingerprint density at radius 2 is 1.60 bits per heavy atom. The number of hydrogen-bond donors (Lipinski definition) is 2. The molecule has 0 bridgehead atoms. The van der Waals surface area contributed by atoms with Crippen LogP contribution in [0.25, 0.3) is 22.6 Å². The lowest BCUT2D eigenvalue weighted by atomic mass is 10.2. The number of nitrogens with zero attached hydrogens (tertiary/aromatic N) is 1. The quantitative estimate of drug-likeness (QED) is 0.392. The van der Waals surface area contributed by atoms with Gasteiger partial charge in [0.25, 0.3) is 0 Å². The number of H-pyrrole nitrogens is 1. The number of imidazole rings is 1. The average molecular weight is 416 g/mol. The normalized spacial score (nSPS) is 10.6. The summed E-state index contributed by atoms with van der Waals surface area (Å²) in [6.45, 7) is 0. The number of aromatic nitrogens is 2. The molecule has 2 N–H and O–H groups in total. The SMILES string of the molecule is COc1ccc(-c2nc(SCC(=O)Nc3ccccc3)c(-c3ccccc3)[nH]2)cc1. The zero-order chi connectivity index (χ0) is 20.8. The second-order valence-corrected chi connectivity index (χ2v) is 7.53. The maximum atomic E-state index is 12.4. The number of nitrogens with one attached hydrogen (secondary N) is 2. The number of ether oxygens (including phenoxy) is 1. The molecule has 6 heteroatoms. The molecule has 1 aromatic heterocycles. The van der Waals surface area contributed by atoms with Gasteiger partial charge in [-0.05, 0) is 36.4 Å². The maximum absolute atomic E-state index is 12.4. The van der Waals surface area contributed by atoms with Crippen molar-refractivity contribution >= 4 is 23.4 Å². The monoisotopic (exact) mass is 415 g/mol. The molecule has 0 aliphatic carbocycles. The largest absolute Gasteiger partial charge is 0.497 e. The third kappa shape index (κ3) is 4.72. The number of rotatable bonds is 7. The van der Waals surface area contributed by atoms with E-state index in [1.807, 2.05) is 84.9 Å². The van der Waals surface area contributed by atoms with E-state index in [0.29, 0.717) is 0 Å². The van der Waals surface area contributed by atoms with Crippen LogP contribution in [0.5, 0.6) is 5.75 Å². The van der Waals surface area contributed by atoms with E-state index in [0.717, 1.165) is 39.1 Å². The van der Waals surface area contributed by atoms with Gasteiger partial charge in [-0.3, -0.25) is 4.79 Å². The summed E-state index contributed by atoms with van der Waals surface area (Å²) in [4.78, 5) is 20.6. The van der Waals surface area contributed by atoms with Crippen LogP contribution in [0.3, 0.4) is 0 Å². The molecule has 0 spiro atoms. The van der Waals surface area contributed by atoms with Crippen LogP contribution in [-0.4, -0.2) is 28.7 Å². The molecule has 4 rings (SSSR count). The van der Waals surface area contributed by atoms with Gasteiger partial charge in [-0.25, -0.2) is 4.98 Å². The van der Waals surface area contributed by atoms with Gasteiger partial charge in [-0.15, -0.1) is 0 Å². The summed E-state index contributed by atoms with van der Waals surface area (Å²) in [5.41, 5.74) is 3.66. The number of amides is 1. The predicted molar refractivity (Wildman–Crippen MR) is 122 cm³/mol. The molecule has 0 unspecified atom stereocenters. The lowest BCUT2D eigenvalue weighted by Crippen LogP contribution is -2.13. The Morgan fingerprint density at radius 1 is 0.933 bits per heavy atom. The van der Waals surface area contributed by atoms with E-state index in [4.69, 9.17) is 9.72 Å². The molecule has 1 heterocycles. The van der Waals surface area contributed by atoms with Crippen LogP contribution in [0.4, 0.5) is 5.69 Å². The molecule has 30 heavy (non-hydrogen) atoms. The van der Waals surface area contributed by atoms with Gasteiger partial charge in [0, 0.05) is 16.8 Å². The highest BCUT2D eigenvalue weighted by molar-refractivity contribution is 8.00. The first-order valence-corrected chi connectivity index (χ1v) is 10.5. The second kappa shape index (κ2) is 9.33. The minimum atomic E-state index is -0.0702. The van der Waals surface area contributed by atoms with Crippen LogP contribution in [-0.2, 0) is 4.79 Å². The van der Waals surface area contributed by atoms with Crippen LogP contribution in [0.15, 0.2) is 90.0 Å². The number of aromatic amines is 1. The third-order valence-electron chi connectivity index (χ3n) is 4.49. The Bertz CT molecular complexity index is 1110. The molecule has 0 aliphatic heterocycles. The van der Waals surface area contributed by atoms with Crippen LogP contribution >= 0.6 is 11.8 Å². The first kappa shape index (κ1) is 19.8. The van der Waals surface area contributed by atoms with Gasteiger partial charge in [0.05, 0.1) is 18.6 Å². The molecule has 0 fully saturated rings. The van der Waals surface area contributed by atoms with Crippen molar-refractivity contribution < 1.29 is 9.53 Å². The summed E-state index contributed by atoms with van der Waals surface area (Å²) in [5.74, 6) is 1.74. The van der Waals surface area contributed by atoms with Crippen LogP contribution < -0.4 is 10.1 Å². The molecule has 0 atom stereocenters. The fourth-order valence-electron chi connectivity index (χ4n) is 3.00. The topological polar surface area (TPSA) is 67.0 Å².